The molecule has 4 nitrogen and oxygen atoms in total. The predicted molar refractivity (Wildman–Crippen MR) is 51.0 cm³/mol. The maximum atomic E-state index is 10.5. The summed E-state index contributed by atoms with van der Waals surface area (Å²) in [7, 11) is 0. The number of hydrogen-bond donors (Lipinski definition) is 0. The monoisotopic (exact) mass is 211 g/mol. The smallest absolute Gasteiger partial charge is 0.308 e. The predicted octanol–water partition coefficient (Wildman–Crippen LogP) is 1.33. The Hall–Kier alpha value is -1.68. The number of oxime groups is 1. The topological polar surface area (TPSA) is 55.7 Å². The highest BCUT2D eigenvalue weighted by Gasteiger charge is 2.10. The fraction of sp³-hybridized carbons (Fsp3) is 0. The van der Waals surface area contributed by atoms with E-state index in [1.54, 1.807) is 24.3 Å². The van der Waals surface area contributed by atoms with Crippen LogP contribution >= 0.6 is 11.6 Å². The van der Waals surface area contributed by atoms with Gasteiger partial charge in [-0.1, -0.05) is 35.5 Å². The number of carbonyl (C=O) groups is 2. The standard InChI is InChI=1S/C9H6ClNO3/c10-8(12)9(13)14-11-6-7-4-2-1-3-5-7/h1-6H. The largest absolute Gasteiger partial charge is 0.417 e. The summed E-state index contributed by atoms with van der Waals surface area (Å²) in [6, 6.07) is 8.97. The van der Waals surface area contributed by atoms with E-state index in [-0.39, 0.29) is 0 Å². The summed E-state index contributed by atoms with van der Waals surface area (Å²) in [5.41, 5.74) is 0.752. The fourth-order valence-corrected chi connectivity index (χ4v) is 0.745. The zero-order valence-corrected chi connectivity index (χ0v) is 7.77. The lowest BCUT2D eigenvalue weighted by Gasteiger charge is -1.91. The molecule has 5 heteroatoms. The van der Waals surface area contributed by atoms with Crippen LogP contribution in [0.5, 0.6) is 0 Å². The Morgan fingerprint density at radius 3 is 2.50 bits per heavy atom. The van der Waals surface area contributed by atoms with Gasteiger partial charge in [-0.15, -0.1) is 0 Å². The maximum absolute atomic E-state index is 10.5. The summed E-state index contributed by atoms with van der Waals surface area (Å²) in [5.74, 6) is -1.20. The molecule has 0 aromatic heterocycles. The van der Waals surface area contributed by atoms with Crippen LogP contribution in [0.15, 0.2) is 35.5 Å². The quantitative estimate of drug-likeness (QED) is 0.249. The molecule has 1 rings (SSSR count). The van der Waals surface area contributed by atoms with E-state index < -0.39 is 11.2 Å². The van der Waals surface area contributed by atoms with Crippen LogP contribution in [0, 0.1) is 0 Å². The van der Waals surface area contributed by atoms with Crippen LogP contribution in [-0.4, -0.2) is 17.4 Å². The van der Waals surface area contributed by atoms with Crippen molar-refractivity contribution in [3.8, 4) is 0 Å². The van der Waals surface area contributed by atoms with Crippen LogP contribution in [0.4, 0.5) is 0 Å². The van der Waals surface area contributed by atoms with Gasteiger partial charge in [0.1, 0.15) is 0 Å². The van der Waals surface area contributed by atoms with Crippen LogP contribution in [0.25, 0.3) is 0 Å². The molecular formula is C9H6ClNO3. The first-order chi connectivity index (χ1) is 6.70. The van der Waals surface area contributed by atoms with E-state index in [9.17, 15) is 9.59 Å². The van der Waals surface area contributed by atoms with Gasteiger partial charge in [0.15, 0.2) is 0 Å². The molecule has 0 heterocycles. The highest BCUT2D eigenvalue weighted by molar-refractivity contribution is 6.80. The van der Waals surface area contributed by atoms with Gasteiger partial charge in [0.25, 0.3) is 0 Å². The van der Waals surface area contributed by atoms with Crippen molar-refractivity contribution >= 4 is 29.0 Å². The number of halogens is 1. The van der Waals surface area contributed by atoms with Gasteiger partial charge >= 0.3 is 11.2 Å². The zero-order valence-electron chi connectivity index (χ0n) is 7.01. The molecule has 0 aliphatic rings. The second-order valence-electron chi connectivity index (χ2n) is 2.30. The van der Waals surface area contributed by atoms with E-state index in [0.717, 1.165) is 5.56 Å². The van der Waals surface area contributed by atoms with Crippen molar-refractivity contribution in [2.75, 3.05) is 0 Å². The molecule has 0 spiro atoms. The summed E-state index contributed by atoms with van der Waals surface area (Å²) in [6.07, 6.45) is 1.30. The SMILES string of the molecule is O=C(Cl)C(=O)ON=Cc1ccccc1. The van der Waals surface area contributed by atoms with Crippen molar-refractivity contribution in [2.24, 2.45) is 5.16 Å². The van der Waals surface area contributed by atoms with Crippen LogP contribution in [-0.2, 0) is 14.4 Å². The van der Waals surface area contributed by atoms with Gasteiger partial charge < -0.3 is 4.84 Å². The summed E-state index contributed by atoms with van der Waals surface area (Å²) < 4.78 is 0. The molecule has 0 amide bonds. The minimum atomic E-state index is -1.20. The third kappa shape index (κ3) is 3.37. The Bertz CT molecular complexity index is 362. The second-order valence-corrected chi connectivity index (χ2v) is 2.64. The highest BCUT2D eigenvalue weighted by Crippen LogP contribution is 1.94. The lowest BCUT2D eigenvalue weighted by Crippen LogP contribution is -2.07. The Morgan fingerprint density at radius 1 is 1.29 bits per heavy atom. The lowest BCUT2D eigenvalue weighted by molar-refractivity contribution is -0.150. The van der Waals surface area contributed by atoms with Crippen LogP contribution in [0.3, 0.4) is 0 Å². The van der Waals surface area contributed by atoms with Crippen LogP contribution in [0.1, 0.15) is 5.56 Å². The summed E-state index contributed by atoms with van der Waals surface area (Å²) >= 11 is 4.82. The molecule has 0 bridgehead atoms. The third-order valence-corrected chi connectivity index (χ3v) is 1.45. The van der Waals surface area contributed by atoms with Gasteiger partial charge in [0, 0.05) is 0 Å². The number of carbonyl (C=O) groups excluding carboxylic acids is 2. The Labute approximate surface area is 85.1 Å². The minimum absolute atomic E-state index is 0.752. The van der Waals surface area contributed by atoms with Gasteiger partial charge in [-0.3, -0.25) is 4.79 Å². The highest BCUT2D eigenvalue weighted by atomic mass is 35.5. The minimum Gasteiger partial charge on any atom is -0.308 e. The average Bonchev–Trinajstić information content (AvgIpc) is 2.19. The van der Waals surface area contributed by atoms with Crippen LogP contribution < -0.4 is 0 Å². The van der Waals surface area contributed by atoms with Crippen molar-refractivity contribution < 1.29 is 14.4 Å². The molecular weight excluding hydrogens is 206 g/mol. The third-order valence-electron chi connectivity index (χ3n) is 1.30. The molecule has 14 heavy (non-hydrogen) atoms. The molecule has 0 N–H and O–H groups in total. The van der Waals surface area contributed by atoms with Crippen molar-refractivity contribution in [3.05, 3.63) is 35.9 Å². The Kier molecular flexibility index (Phi) is 3.82. The number of benzene rings is 1. The van der Waals surface area contributed by atoms with Gasteiger partial charge in [0.05, 0.1) is 6.21 Å². The fourth-order valence-electron chi connectivity index (χ4n) is 0.710. The van der Waals surface area contributed by atoms with Crippen molar-refractivity contribution in [1.82, 2.24) is 0 Å². The molecule has 0 saturated carbocycles. The van der Waals surface area contributed by atoms with Gasteiger partial charge in [-0.05, 0) is 17.2 Å². The molecule has 0 aliphatic carbocycles. The number of hydrogen-bond acceptors (Lipinski definition) is 4. The Morgan fingerprint density at radius 2 is 1.93 bits per heavy atom. The van der Waals surface area contributed by atoms with E-state index in [2.05, 4.69) is 9.99 Å². The van der Waals surface area contributed by atoms with E-state index >= 15 is 0 Å². The van der Waals surface area contributed by atoms with Gasteiger partial charge in [-0.25, -0.2) is 4.79 Å². The maximum Gasteiger partial charge on any atom is 0.417 e. The molecule has 0 aliphatic heterocycles. The second kappa shape index (κ2) is 5.14. The van der Waals surface area contributed by atoms with E-state index in [1.165, 1.54) is 6.21 Å². The molecule has 1 aromatic rings. The van der Waals surface area contributed by atoms with Crippen molar-refractivity contribution in [3.63, 3.8) is 0 Å². The number of nitrogens with zero attached hydrogens (tertiary/aromatic N) is 1. The van der Waals surface area contributed by atoms with E-state index in [0.29, 0.717) is 0 Å². The molecule has 1 aromatic carbocycles. The molecule has 0 fully saturated rings. The average molecular weight is 212 g/mol. The number of rotatable bonds is 3. The van der Waals surface area contributed by atoms with Crippen molar-refractivity contribution in [2.45, 2.75) is 0 Å². The summed E-state index contributed by atoms with van der Waals surface area (Å²) in [4.78, 5) is 24.9. The van der Waals surface area contributed by atoms with Crippen LogP contribution in [0.2, 0.25) is 0 Å². The van der Waals surface area contributed by atoms with Gasteiger partial charge in [-0.2, -0.15) is 0 Å². The molecule has 0 saturated heterocycles. The summed E-state index contributed by atoms with van der Waals surface area (Å²) in [5, 5.41) is 2.08. The normalized spacial score (nSPS) is 10.1. The van der Waals surface area contributed by atoms with Crippen molar-refractivity contribution in [1.29, 1.82) is 0 Å². The first kappa shape index (κ1) is 10.4. The Balaban J connectivity index is 2.50. The first-order valence-electron chi connectivity index (χ1n) is 3.69. The van der Waals surface area contributed by atoms with E-state index in [1.807, 2.05) is 6.07 Å². The molecule has 0 radical (unpaired) electrons. The first-order valence-corrected chi connectivity index (χ1v) is 4.07. The molecule has 0 unspecified atom stereocenters. The molecule has 72 valence electrons. The van der Waals surface area contributed by atoms with E-state index in [4.69, 9.17) is 11.6 Å². The van der Waals surface area contributed by atoms with Gasteiger partial charge in [0.2, 0.25) is 0 Å². The molecule has 0 atom stereocenters. The summed E-state index contributed by atoms with van der Waals surface area (Å²) in [6.45, 7) is 0. The lowest BCUT2D eigenvalue weighted by atomic mass is 10.2. The zero-order chi connectivity index (χ0) is 10.4.